The molecule has 0 radical (unpaired) electrons. The average molecular weight is 230 g/mol. The van der Waals surface area contributed by atoms with Crippen molar-refractivity contribution < 1.29 is 9.84 Å². The molecule has 0 saturated carbocycles. The zero-order valence-electron chi connectivity index (χ0n) is 10.4. The average Bonchev–Trinajstić information content (AvgIpc) is 2.37. The predicted molar refractivity (Wildman–Crippen MR) is 70.6 cm³/mol. The van der Waals surface area contributed by atoms with E-state index < -0.39 is 0 Å². The van der Waals surface area contributed by atoms with Gasteiger partial charge in [0, 0.05) is 0 Å². The lowest BCUT2D eigenvalue weighted by Crippen LogP contribution is -2.05. The van der Waals surface area contributed by atoms with Gasteiger partial charge in [0.05, 0.1) is 6.61 Å². The Balaban J connectivity index is 2.59. The highest BCUT2D eigenvalue weighted by atomic mass is 16.5. The van der Waals surface area contributed by atoms with E-state index in [0.29, 0.717) is 6.61 Å². The Morgan fingerprint density at radius 2 is 2.00 bits per heavy atom. The number of aliphatic hydroxyl groups is 1. The van der Waals surface area contributed by atoms with Gasteiger partial charge in [-0.1, -0.05) is 31.2 Å². The van der Waals surface area contributed by atoms with Gasteiger partial charge in [-0.25, -0.2) is 0 Å². The molecule has 0 atom stereocenters. The van der Waals surface area contributed by atoms with Gasteiger partial charge in [-0.05, 0) is 41.3 Å². The van der Waals surface area contributed by atoms with Crippen molar-refractivity contribution >= 4 is 10.8 Å². The molecule has 2 aromatic carbocycles. The first-order valence-corrected chi connectivity index (χ1v) is 6.02. The molecule has 0 unspecified atom stereocenters. The Morgan fingerprint density at radius 3 is 2.71 bits per heavy atom. The van der Waals surface area contributed by atoms with E-state index in [-0.39, 0.29) is 6.61 Å². The molecule has 0 aliphatic carbocycles. The van der Waals surface area contributed by atoms with E-state index in [1.807, 2.05) is 6.07 Å². The highest BCUT2D eigenvalue weighted by Gasteiger charge is 2.10. The van der Waals surface area contributed by atoms with E-state index in [1.165, 1.54) is 16.3 Å². The maximum Gasteiger partial charge on any atom is 0.126 e. The number of rotatable bonds is 4. The van der Waals surface area contributed by atoms with Gasteiger partial charge >= 0.3 is 0 Å². The molecule has 2 aromatic rings. The van der Waals surface area contributed by atoms with Crippen molar-refractivity contribution in [3.63, 3.8) is 0 Å². The van der Waals surface area contributed by atoms with Crippen LogP contribution in [-0.2, 0) is 6.42 Å². The molecular weight excluding hydrogens is 212 g/mol. The van der Waals surface area contributed by atoms with Crippen molar-refractivity contribution in [2.24, 2.45) is 0 Å². The lowest BCUT2D eigenvalue weighted by molar-refractivity contribution is 0.200. The van der Waals surface area contributed by atoms with Crippen LogP contribution >= 0.6 is 0 Å². The number of hydrogen-bond acceptors (Lipinski definition) is 2. The predicted octanol–water partition coefficient (Wildman–Crippen LogP) is 3.08. The second-order valence-electron chi connectivity index (χ2n) is 4.14. The molecular formula is C15H18O2. The van der Waals surface area contributed by atoms with Crippen LogP contribution in [0.1, 0.15) is 18.1 Å². The zero-order chi connectivity index (χ0) is 12.3. The molecule has 0 aromatic heterocycles. The zero-order valence-corrected chi connectivity index (χ0v) is 10.4. The molecule has 0 aliphatic rings. The summed E-state index contributed by atoms with van der Waals surface area (Å²) in [4.78, 5) is 0. The summed E-state index contributed by atoms with van der Waals surface area (Å²) in [7, 11) is 0. The summed E-state index contributed by atoms with van der Waals surface area (Å²) in [5, 5.41) is 11.3. The number of benzene rings is 2. The van der Waals surface area contributed by atoms with Crippen LogP contribution in [0, 0.1) is 6.92 Å². The highest BCUT2D eigenvalue weighted by molar-refractivity contribution is 5.88. The number of fused-ring (bicyclic) bond motifs is 1. The second kappa shape index (κ2) is 5.19. The van der Waals surface area contributed by atoms with Crippen LogP contribution in [0.25, 0.3) is 10.8 Å². The van der Waals surface area contributed by atoms with Crippen LogP contribution in [-0.4, -0.2) is 18.3 Å². The molecule has 1 N–H and O–H groups in total. The largest absolute Gasteiger partial charge is 0.491 e. The maximum absolute atomic E-state index is 8.87. The number of hydrogen-bond donors (Lipinski definition) is 1. The molecule has 0 saturated heterocycles. The van der Waals surface area contributed by atoms with E-state index >= 15 is 0 Å². The molecule has 0 aliphatic heterocycles. The molecule has 90 valence electrons. The Bertz CT molecular complexity index is 518. The van der Waals surface area contributed by atoms with Crippen molar-refractivity contribution in [3.8, 4) is 5.75 Å². The number of ether oxygens (including phenoxy) is 1. The van der Waals surface area contributed by atoms with Gasteiger partial charge in [-0.3, -0.25) is 0 Å². The topological polar surface area (TPSA) is 29.5 Å². The smallest absolute Gasteiger partial charge is 0.126 e. The molecule has 17 heavy (non-hydrogen) atoms. The normalized spacial score (nSPS) is 10.8. The molecule has 0 bridgehead atoms. The lowest BCUT2D eigenvalue weighted by atomic mass is 9.99. The molecule has 0 fully saturated rings. The Morgan fingerprint density at radius 1 is 1.24 bits per heavy atom. The van der Waals surface area contributed by atoms with Crippen LogP contribution in [0.4, 0.5) is 0 Å². The SMILES string of the molecule is CCc1cc2ccccc2c(C)c1OCCO. The quantitative estimate of drug-likeness (QED) is 0.874. The van der Waals surface area contributed by atoms with Gasteiger partial charge in [0.15, 0.2) is 0 Å². The Labute approximate surface area is 102 Å². The monoisotopic (exact) mass is 230 g/mol. The lowest BCUT2D eigenvalue weighted by Gasteiger charge is -2.15. The minimum atomic E-state index is 0.0510. The fourth-order valence-corrected chi connectivity index (χ4v) is 2.19. The molecule has 0 spiro atoms. The van der Waals surface area contributed by atoms with Gasteiger partial charge < -0.3 is 9.84 Å². The summed E-state index contributed by atoms with van der Waals surface area (Å²) in [5.74, 6) is 0.931. The fraction of sp³-hybridized carbons (Fsp3) is 0.333. The van der Waals surface area contributed by atoms with E-state index in [2.05, 4.69) is 38.1 Å². The van der Waals surface area contributed by atoms with Gasteiger partial charge in [0.1, 0.15) is 12.4 Å². The van der Waals surface area contributed by atoms with Crippen molar-refractivity contribution in [3.05, 3.63) is 41.5 Å². The minimum absolute atomic E-state index is 0.0510. The van der Waals surface area contributed by atoms with Crippen LogP contribution < -0.4 is 4.74 Å². The fourth-order valence-electron chi connectivity index (χ4n) is 2.19. The second-order valence-corrected chi connectivity index (χ2v) is 4.14. The van der Waals surface area contributed by atoms with E-state index in [9.17, 15) is 0 Å². The molecule has 2 rings (SSSR count). The van der Waals surface area contributed by atoms with Crippen LogP contribution in [0.15, 0.2) is 30.3 Å². The third kappa shape index (κ3) is 2.27. The van der Waals surface area contributed by atoms with E-state index in [4.69, 9.17) is 9.84 Å². The van der Waals surface area contributed by atoms with Crippen molar-refractivity contribution in [1.82, 2.24) is 0 Å². The first-order valence-electron chi connectivity index (χ1n) is 6.02. The van der Waals surface area contributed by atoms with Crippen molar-refractivity contribution in [2.75, 3.05) is 13.2 Å². The summed E-state index contributed by atoms with van der Waals surface area (Å²) in [6.07, 6.45) is 0.937. The van der Waals surface area contributed by atoms with Gasteiger partial charge in [0.25, 0.3) is 0 Å². The van der Waals surface area contributed by atoms with Gasteiger partial charge in [-0.2, -0.15) is 0 Å². The Hall–Kier alpha value is -1.54. The van der Waals surface area contributed by atoms with Crippen LogP contribution in [0.3, 0.4) is 0 Å². The first-order chi connectivity index (χ1) is 8.27. The van der Waals surface area contributed by atoms with E-state index in [1.54, 1.807) is 0 Å². The van der Waals surface area contributed by atoms with Crippen molar-refractivity contribution in [2.45, 2.75) is 20.3 Å². The minimum Gasteiger partial charge on any atom is -0.491 e. The number of aryl methyl sites for hydroxylation is 2. The third-order valence-electron chi connectivity index (χ3n) is 3.05. The standard InChI is InChI=1S/C15H18O2/c1-3-12-10-13-6-4-5-7-14(13)11(2)15(12)17-9-8-16/h4-7,10,16H,3,8-9H2,1-2H3. The summed E-state index contributed by atoms with van der Waals surface area (Å²) in [6, 6.07) is 10.5. The van der Waals surface area contributed by atoms with Gasteiger partial charge in [-0.15, -0.1) is 0 Å². The van der Waals surface area contributed by atoms with Gasteiger partial charge in [0.2, 0.25) is 0 Å². The van der Waals surface area contributed by atoms with Crippen LogP contribution in [0.5, 0.6) is 5.75 Å². The highest BCUT2D eigenvalue weighted by Crippen LogP contribution is 2.31. The summed E-state index contributed by atoms with van der Waals surface area (Å²) in [6.45, 7) is 4.60. The summed E-state index contributed by atoms with van der Waals surface area (Å²) >= 11 is 0. The van der Waals surface area contributed by atoms with Crippen molar-refractivity contribution in [1.29, 1.82) is 0 Å². The third-order valence-corrected chi connectivity index (χ3v) is 3.05. The van der Waals surface area contributed by atoms with Crippen LogP contribution in [0.2, 0.25) is 0 Å². The maximum atomic E-state index is 8.87. The molecule has 0 heterocycles. The molecule has 2 nitrogen and oxygen atoms in total. The summed E-state index contributed by atoms with van der Waals surface area (Å²) < 4.78 is 5.67. The van der Waals surface area contributed by atoms with E-state index in [0.717, 1.165) is 17.7 Å². The molecule has 0 amide bonds. The number of aliphatic hydroxyl groups excluding tert-OH is 1. The first kappa shape index (κ1) is 11.9. The summed E-state index contributed by atoms with van der Waals surface area (Å²) in [5.41, 5.74) is 2.36. The molecule has 2 heteroatoms. The Kier molecular flexibility index (Phi) is 3.64.